The van der Waals surface area contributed by atoms with Gasteiger partial charge in [-0.2, -0.15) is 15.4 Å². The summed E-state index contributed by atoms with van der Waals surface area (Å²) in [4.78, 5) is 5.22. The molecule has 22 heavy (non-hydrogen) atoms. The molecule has 0 amide bonds. The number of rotatable bonds is 3. The molecule has 4 rings (SSSR count). The number of benzene rings is 1. The third-order valence-electron chi connectivity index (χ3n) is 5.09. The third kappa shape index (κ3) is 2.55. The van der Waals surface area contributed by atoms with E-state index in [1.165, 1.54) is 25.9 Å². The summed E-state index contributed by atoms with van der Waals surface area (Å²) < 4.78 is 0. The van der Waals surface area contributed by atoms with Crippen LogP contribution in [-0.2, 0) is 6.54 Å². The van der Waals surface area contributed by atoms with Gasteiger partial charge < -0.3 is 0 Å². The summed E-state index contributed by atoms with van der Waals surface area (Å²) in [6.07, 6.45) is 2.69. The van der Waals surface area contributed by atoms with Crippen LogP contribution in [0.15, 0.2) is 30.3 Å². The van der Waals surface area contributed by atoms with Crippen molar-refractivity contribution in [1.82, 2.24) is 25.2 Å². The second-order valence-electron chi connectivity index (χ2n) is 6.55. The fraction of sp³-hybridized carbons (Fsp3) is 0.529. The molecule has 2 atom stereocenters. The van der Waals surface area contributed by atoms with Crippen LogP contribution in [0, 0.1) is 0 Å². The lowest BCUT2D eigenvalue weighted by Crippen LogP contribution is -2.54. The second kappa shape index (κ2) is 5.82. The lowest BCUT2D eigenvalue weighted by atomic mass is 10.1. The Bertz CT molecular complexity index is 623. The molecule has 1 N–H and O–H groups in total. The summed E-state index contributed by atoms with van der Waals surface area (Å²) in [6.45, 7) is 6.83. The lowest BCUT2D eigenvalue weighted by Gasteiger charge is -2.42. The predicted octanol–water partition coefficient (Wildman–Crippen LogP) is 2.14. The van der Waals surface area contributed by atoms with Gasteiger partial charge in [-0.1, -0.05) is 30.3 Å². The first-order valence-electron chi connectivity index (χ1n) is 8.24. The molecule has 0 saturated carbocycles. The Morgan fingerprint density at radius 3 is 2.91 bits per heavy atom. The van der Waals surface area contributed by atoms with E-state index in [-0.39, 0.29) is 0 Å². The first-order chi connectivity index (χ1) is 10.8. The number of aromatic nitrogens is 3. The summed E-state index contributed by atoms with van der Waals surface area (Å²) in [7, 11) is 0. The van der Waals surface area contributed by atoms with E-state index in [2.05, 4.69) is 44.3 Å². The van der Waals surface area contributed by atoms with Gasteiger partial charge in [0.1, 0.15) is 11.4 Å². The number of hydrogen-bond acceptors (Lipinski definition) is 4. The van der Waals surface area contributed by atoms with Crippen molar-refractivity contribution in [2.24, 2.45) is 0 Å². The highest BCUT2D eigenvalue weighted by Crippen LogP contribution is 2.27. The largest absolute Gasteiger partial charge is 0.298 e. The standard InChI is InChI=1S/C17H23N5/c1-13-10-21-9-5-8-15(21)11-22(13)12-16-17(19-20-18-16)14-6-3-2-4-7-14/h2-4,6-7,13,15H,5,8-12H2,1H3,(H,18,19,20)/t13-,15+/m0/s1. The molecule has 2 fully saturated rings. The number of H-pyrrole nitrogens is 1. The molecule has 0 bridgehead atoms. The van der Waals surface area contributed by atoms with Gasteiger partial charge in [0.2, 0.25) is 0 Å². The molecule has 3 heterocycles. The summed E-state index contributed by atoms with van der Waals surface area (Å²) >= 11 is 0. The van der Waals surface area contributed by atoms with Gasteiger partial charge in [0, 0.05) is 37.3 Å². The van der Waals surface area contributed by atoms with E-state index in [0.717, 1.165) is 36.1 Å². The van der Waals surface area contributed by atoms with Crippen molar-refractivity contribution in [3.8, 4) is 11.3 Å². The molecule has 2 aliphatic rings. The maximum absolute atomic E-state index is 4.42. The molecule has 0 unspecified atom stereocenters. The fourth-order valence-corrected chi connectivity index (χ4v) is 3.85. The fourth-order valence-electron chi connectivity index (χ4n) is 3.85. The zero-order chi connectivity index (χ0) is 14.9. The third-order valence-corrected chi connectivity index (χ3v) is 5.09. The minimum absolute atomic E-state index is 0.578. The number of hydrogen-bond donors (Lipinski definition) is 1. The number of nitrogens with zero attached hydrogens (tertiary/aromatic N) is 4. The van der Waals surface area contributed by atoms with Gasteiger partial charge in [-0.05, 0) is 26.3 Å². The van der Waals surface area contributed by atoms with E-state index in [1.54, 1.807) is 0 Å². The molecule has 5 heteroatoms. The Kier molecular flexibility index (Phi) is 3.68. The van der Waals surface area contributed by atoms with Crippen LogP contribution in [0.1, 0.15) is 25.5 Å². The van der Waals surface area contributed by atoms with Gasteiger partial charge in [0.15, 0.2) is 0 Å². The SMILES string of the molecule is C[C@H]1CN2CCC[C@@H]2CN1Cc1n[nH]nc1-c1ccccc1. The molecule has 5 nitrogen and oxygen atoms in total. The van der Waals surface area contributed by atoms with Gasteiger partial charge in [-0.15, -0.1) is 0 Å². The van der Waals surface area contributed by atoms with Crippen LogP contribution in [-0.4, -0.2) is 56.9 Å². The van der Waals surface area contributed by atoms with E-state index in [1.807, 2.05) is 18.2 Å². The average molecular weight is 297 g/mol. The van der Waals surface area contributed by atoms with E-state index in [9.17, 15) is 0 Å². The Morgan fingerprint density at radius 1 is 1.18 bits per heavy atom. The van der Waals surface area contributed by atoms with Crippen LogP contribution < -0.4 is 0 Å². The summed E-state index contributed by atoms with van der Waals surface area (Å²) in [6, 6.07) is 11.6. The first-order valence-corrected chi connectivity index (χ1v) is 8.24. The number of piperazine rings is 1. The van der Waals surface area contributed by atoms with Crippen LogP contribution in [0.4, 0.5) is 0 Å². The average Bonchev–Trinajstić information content (AvgIpc) is 3.17. The van der Waals surface area contributed by atoms with Crippen LogP contribution in [0.2, 0.25) is 0 Å². The summed E-state index contributed by atoms with van der Waals surface area (Å²) in [5.41, 5.74) is 3.18. The van der Waals surface area contributed by atoms with Crippen molar-refractivity contribution in [2.75, 3.05) is 19.6 Å². The number of aromatic amines is 1. The van der Waals surface area contributed by atoms with Crippen LogP contribution in [0.5, 0.6) is 0 Å². The normalized spacial score (nSPS) is 26.2. The molecule has 0 radical (unpaired) electrons. The molecule has 2 aliphatic heterocycles. The Balaban J connectivity index is 1.53. The molecule has 2 saturated heterocycles. The van der Waals surface area contributed by atoms with E-state index < -0.39 is 0 Å². The van der Waals surface area contributed by atoms with Crippen molar-refractivity contribution in [3.63, 3.8) is 0 Å². The highest BCUT2D eigenvalue weighted by atomic mass is 15.4. The zero-order valence-corrected chi connectivity index (χ0v) is 13.1. The van der Waals surface area contributed by atoms with Crippen LogP contribution >= 0.6 is 0 Å². The number of fused-ring (bicyclic) bond motifs is 1. The molecule has 0 aliphatic carbocycles. The lowest BCUT2D eigenvalue weighted by molar-refractivity contribution is 0.0533. The Labute approximate surface area is 131 Å². The van der Waals surface area contributed by atoms with Crippen molar-refractivity contribution in [1.29, 1.82) is 0 Å². The second-order valence-corrected chi connectivity index (χ2v) is 6.55. The van der Waals surface area contributed by atoms with Crippen molar-refractivity contribution in [2.45, 2.75) is 38.4 Å². The summed E-state index contributed by atoms with van der Waals surface area (Å²) in [5, 5.41) is 11.6. The van der Waals surface area contributed by atoms with Crippen LogP contribution in [0.3, 0.4) is 0 Å². The highest BCUT2D eigenvalue weighted by molar-refractivity contribution is 5.60. The van der Waals surface area contributed by atoms with Crippen molar-refractivity contribution < 1.29 is 0 Å². The Morgan fingerprint density at radius 2 is 2.05 bits per heavy atom. The molecule has 116 valence electrons. The van der Waals surface area contributed by atoms with E-state index in [4.69, 9.17) is 0 Å². The molecular weight excluding hydrogens is 274 g/mol. The maximum Gasteiger partial charge on any atom is 0.117 e. The van der Waals surface area contributed by atoms with Gasteiger partial charge in [0.25, 0.3) is 0 Å². The highest BCUT2D eigenvalue weighted by Gasteiger charge is 2.34. The zero-order valence-electron chi connectivity index (χ0n) is 13.1. The predicted molar refractivity (Wildman–Crippen MR) is 86.3 cm³/mol. The molecule has 1 aromatic carbocycles. The van der Waals surface area contributed by atoms with Gasteiger partial charge in [-0.3, -0.25) is 9.80 Å². The molecule has 2 aromatic rings. The maximum atomic E-state index is 4.42. The minimum atomic E-state index is 0.578. The van der Waals surface area contributed by atoms with Crippen LogP contribution in [0.25, 0.3) is 11.3 Å². The number of nitrogens with one attached hydrogen (secondary N) is 1. The van der Waals surface area contributed by atoms with Gasteiger partial charge in [0.05, 0.1) is 0 Å². The topological polar surface area (TPSA) is 48.0 Å². The Hall–Kier alpha value is -1.72. The molecule has 0 spiro atoms. The van der Waals surface area contributed by atoms with Gasteiger partial charge in [-0.25, -0.2) is 0 Å². The summed E-state index contributed by atoms with van der Waals surface area (Å²) in [5.74, 6) is 0. The van der Waals surface area contributed by atoms with Gasteiger partial charge >= 0.3 is 0 Å². The van der Waals surface area contributed by atoms with E-state index >= 15 is 0 Å². The molecule has 1 aromatic heterocycles. The quantitative estimate of drug-likeness (QED) is 0.943. The monoisotopic (exact) mass is 297 g/mol. The smallest absolute Gasteiger partial charge is 0.117 e. The molecular formula is C17H23N5. The van der Waals surface area contributed by atoms with Crippen molar-refractivity contribution >= 4 is 0 Å². The minimum Gasteiger partial charge on any atom is -0.298 e. The van der Waals surface area contributed by atoms with E-state index in [0.29, 0.717) is 6.04 Å². The van der Waals surface area contributed by atoms with Crippen molar-refractivity contribution in [3.05, 3.63) is 36.0 Å². The first kappa shape index (κ1) is 13.9.